The van der Waals surface area contributed by atoms with Gasteiger partial charge in [0.05, 0.1) is 22.5 Å². The number of hydrogen-bond donors (Lipinski definition) is 0. The number of carbonyl (C=O) groups is 1. The van der Waals surface area contributed by atoms with Crippen LogP contribution in [0.25, 0.3) is 0 Å². The maximum atomic E-state index is 11.5. The SMILES string of the molecule is COC(=O)c1ccc([N+](=O)[O-])c(Sc2ccc(C)cc2)c1. The smallest absolute Gasteiger partial charge is 0.337 e. The Morgan fingerprint density at radius 1 is 1.19 bits per heavy atom. The molecule has 21 heavy (non-hydrogen) atoms. The van der Waals surface area contributed by atoms with Gasteiger partial charge in [-0.2, -0.15) is 0 Å². The van der Waals surface area contributed by atoms with Crippen LogP contribution in [0.2, 0.25) is 0 Å². The van der Waals surface area contributed by atoms with Gasteiger partial charge in [-0.15, -0.1) is 0 Å². The molecule has 5 nitrogen and oxygen atoms in total. The monoisotopic (exact) mass is 303 g/mol. The second-order valence-corrected chi connectivity index (χ2v) is 5.46. The Morgan fingerprint density at radius 3 is 2.43 bits per heavy atom. The van der Waals surface area contributed by atoms with Gasteiger partial charge < -0.3 is 4.74 Å². The third-order valence-electron chi connectivity index (χ3n) is 2.83. The highest BCUT2D eigenvalue weighted by atomic mass is 32.2. The molecule has 0 N–H and O–H groups in total. The van der Waals surface area contributed by atoms with Crippen molar-refractivity contribution < 1.29 is 14.5 Å². The van der Waals surface area contributed by atoms with Crippen molar-refractivity contribution in [2.75, 3.05) is 7.11 Å². The van der Waals surface area contributed by atoms with Crippen LogP contribution in [0.5, 0.6) is 0 Å². The van der Waals surface area contributed by atoms with Crippen LogP contribution in [-0.4, -0.2) is 18.0 Å². The van der Waals surface area contributed by atoms with Crippen molar-refractivity contribution in [3.05, 3.63) is 63.7 Å². The van der Waals surface area contributed by atoms with Crippen LogP contribution in [0.1, 0.15) is 15.9 Å². The summed E-state index contributed by atoms with van der Waals surface area (Å²) in [6.07, 6.45) is 0. The zero-order valence-electron chi connectivity index (χ0n) is 11.5. The lowest BCUT2D eigenvalue weighted by Gasteiger charge is -2.06. The Bertz CT molecular complexity index is 683. The standard InChI is InChI=1S/C15H13NO4S/c1-10-3-6-12(7-4-10)21-14-9-11(15(17)20-2)5-8-13(14)16(18)19/h3-9H,1-2H3. The van der Waals surface area contributed by atoms with Crippen LogP contribution in [0.3, 0.4) is 0 Å². The summed E-state index contributed by atoms with van der Waals surface area (Å²) in [6.45, 7) is 1.97. The number of rotatable bonds is 4. The van der Waals surface area contributed by atoms with Gasteiger partial charge in [0.15, 0.2) is 0 Å². The predicted molar refractivity (Wildman–Crippen MR) is 79.7 cm³/mol. The first kappa shape index (κ1) is 15.1. The number of methoxy groups -OCH3 is 1. The molecule has 2 aromatic carbocycles. The highest BCUT2D eigenvalue weighted by Crippen LogP contribution is 2.35. The van der Waals surface area contributed by atoms with Gasteiger partial charge in [0.2, 0.25) is 0 Å². The van der Waals surface area contributed by atoms with Gasteiger partial charge in [0.25, 0.3) is 5.69 Å². The number of carbonyl (C=O) groups excluding carboxylic acids is 1. The molecule has 0 unspecified atom stereocenters. The summed E-state index contributed by atoms with van der Waals surface area (Å²) in [5.41, 5.74) is 1.36. The molecule has 0 saturated heterocycles. The molecule has 0 amide bonds. The van der Waals surface area contributed by atoms with Crippen LogP contribution >= 0.6 is 11.8 Å². The van der Waals surface area contributed by atoms with Gasteiger partial charge in [-0.25, -0.2) is 4.79 Å². The molecule has 0 saturated carbocycles. The molecule has 0 aliphatic carbocycles. The van der Waals surface area contributed by atoms with Gasteiger partial charge in [-0.1, -0.05) is 29.5 Å². The summed E-state index contributed by atoms with van der Waals surface area (Å²) in [5.74, 6) is -0.518. The molecule has 2 rings (SSSR count). The van der Waals surface area contributed by atoms with E-state index in [1.165, 1.54) is 37.1 Å². The van der Waals surface area contributed by atoms with E-state index >= 15 is 0 Å². The second-order valence-electron chi connectivity index (χ2n) is 4.35. The summed E-state index contributed by atoms with van der Waals surface area (Å²) in [6, 6.07) is 11.8. The molecule has 0 bridgehead atoms. The topological polar surface area (TPSA) is 69.4 Å². The van der Waals surface area contributed by atoms with Crippen molar-refractivity contribution in [3.8, 4) is 0 Å². The van der Waals surface area contributed by atoms with Gasteiger partial charge in [0.1, 0.15) is 0 Å². The Balaban J connectivity index is 2.40. The Kier molecular flexibility index (Phi) is 4.59. The Morgan fingerprint density at radius 2 is 1.86 bits per heavy atom. The second kappa shape index (κ2) is 6.41. The average molecular weight is 303 g/mol. The summed E-state index contributed by atoms with van der Waals surface area (Å²) in [5, 5.41) is 11.1. The minimum atomic E-state index is -0.518. The predicted octanol–water partition coefficient (Wildman–Crippen LogP) is 3.84. The number of nitrogens with zero attached hydrogens (tertiary/aromatic N) is 1. The number of nitro benzene ring substituents is 1. The number of benzene rings is 2. The Hall–Kier alpha value is -2.34. The van der Waals surface area contributed by atoms with Crippen molar-refractivity contribution in [2.24, 2.45) is 0 Å². The van der Waals surface area contributed by atoms with E-state index in [-0.39, 0.29) is 11.3 Å². The van der Waals surface area contributed by atoms with Gasteiger partial charge in [-0.3, -0.25) is 10.1 Å². The minimum Gasteiger partial charge on any atom is -0.465 e. The van der Waals surface area contributed by atoms with Crippen molar-refractivity contribution in [1.82, 2.24) is 0 Å². The van der Waals surface area contributed by atoms with E-state index in [9.17, 15) is 14.9 Å². The van der Waals surface area contributed by atoms with Crippen molar-refractivity contribution in [2.45, 2.75) is 16.7 Å². The van der Waals surface area contributed by atoms with E-state index in [1.54, 1.807) is 0 Å². The van der Waals surface area contributed by atoms with E-state index < -0.39 is 10.9 Å². The average Bonchev–Trinajstić information content (AvgIpc) is 2.48. The summed E-state index contributed by atoms with van der Waals surface area (Å²) in [7, 11) is 1.27. The minimum absolute atomic E-state index is 0.0340. The zero-order valence-corrected chi connectivity index (χ0v) is 12.3. The highest BCUT2D eigenvalue weighted by molar-refractivity contribution is 7.99. The summed E-state index contributed by atoms with van der Waals surface area (Å²) < 4.78 is 4.64. The maximum Gasteiger partial charge on any atom is 0.337 e. The summed E-state index contributed by atoms with van der Waals surface area (Å²) in [4.78, 5) is 23.5. The molecular formula is C15H13NO4S. The van der Waals surface area contributed by atoms with E-state index in [4.69, 9.17) is 0 Å². The van der Waals surface area contributed by atoms with Gasteiger partial charge in [0, 0.05) is 11.0 Å². The fraction of sp³-hybridized carbons (Fsp3) is 0.133. The van der Waals surface area contributed by atoms with Crippen LogP contribution in [0, 0.1) is 17.0 Å². The molecule has 2 aromatic rings. The molecule has 6 heteroatoms. The lowest BCUT2D eigenvalue weighted by Crippen LogP contribution is -2.02. The molecule has 0 aliphatic heterocycles. The summed E-state index contributed by atoms with van der Waals surface area (Å²) >= 11 is 1.24. The third-order valence-corrected chi connectivity index (χ3v) is 3.88. The molecule has 0 fully saturated rings. The first-order chi connectivity index (χ1) is 10.0. The lowest BCUT2D eigenvalue weighted by molar-refractivity contribution is -0.387. The maximum absolute atomic E-state index is 11.5. The number of esters is 1. The zero-order chi connectivity index (χ0) is 15.4. The molecule has 108 valence electrons. The van der Waals surface area contributed by atoms with E-state index in [0.29, 0.717) is 4.90 Å². The number of hydrogen-bond acceptors (Lipinski definition) is 5. The van der Waals surface area contributed by atoms with Crippen molar-refractivity contribution >= 4 is 23.4 Å². The first-order valence-corrected chi connectivity index (χ1v) is 6.94. The quantitative estimate of drug-likeness (QED) is 0.487. The van der Waals surface area contributed by atoms with Crippen LogP contribution in [0.4, 0.5) is 5.69 Å². The molecule has 0 heterocycles. The number of nitro groups is 1. The van der Waals surface area contributed by atoms with Gasteiger partial charge in [-0.05, 0) is 31.2 Å². The van der Waals surface area contributed by atoms with E-state index in [2.05, 4.69) is 4.74 Å². The van der Waals surface area contributed by atoms with Crippen LogP contribution in [0.15, 0.2) is 52.3 Å². The fourth-order valence-electron chi connectivity index (χ4n) is 1.72. The fourth-order valence-corrected chi connectivity index (χ4v) is 2.68. The third kappa shape index (κ3) is 3.61. The molecule has 0 aliphatic rings. The Labute approximate surface area is 126 Å². The largest absolute Gasteiger partial charge is 0.465 e. The van der Waals surface area contributed by atoms with Crippen molar-refractivity contribution in [3.63, 3.8) is 0 Å². The molecule has 0 radical (unpaired) electrons. The molecular weight excluding hydrogens is 290 g/mol. The van der Waals surface area contributed by atoms with Crippen LogP contribution < -0.4 is 0 Å². The molecule has 0 spiro atoms. The van der Waals surface area contributed by atoms with Gasteiger partial charge >= 0.3 is 5.97 Å². The molecule has 0 atom stereocenters. The van der Waals surface area contributed by atoms with E-state index in [0.717, 1.165) is 10.5 Å². The number of ether oxygens (including phenoxy) is 1. The van der Waals surface area contributed by atoms with E-state index in [1.807, 2.05) is 31.2 Å². The van der Waals surface area contributed by atoms with Crippen LogP contribution in [-0.2, 0) is 4.74 Å². The number of aryl methyl sites for hydroxylation is 1. The molecule has 0 aromatic heterocycles. The lowest BCUT2D eigenvalue weighted by atomic mass is 10.2. The normalized spacial score (nSPS) is 10.2. The highest BCUT2D eigenvalue weighted by Gasteiger charge is 2.18. The first-order valence-electron chi connectivity index (χ1n) is 6.12. The van der Waals surface area contributed by atoms with Crippen molar-refractivity contribution in [1.29, 1.82) is 0 Å².